The van der Waals surface area contributed by atoms with Gasteiger partial charge in [0.25, 0.3) is 0 Å². The Labute approximate surface area is 57.8 Å². The maximum Gasteiger partial charge on any atom is 0.190 e. The van der Waals surface area contributed by atoms with E-state index in [0.29, 0.717) is 5.75 Å². The van der Waals surface area contributed by atoms with Crippen LogP contribution in [0.5, 0.6) is 5.75 Å². The summed E-state index contributed by atoms with van der Waals surface area (Å²) in [7, 11) is 0. The van der Waals surface area contributed by atoms with Crippen molar-refractivity contribution in [3.63, 3.8) is 0 Å². The van der Waals surface area contributed by atoms with Crippen LogP contribution in [0, 0.1) is 0 Å². The molecule has 0 unspecified atom stereocenters. The Morgan fingerprint density at radius 1 is 1.20 bits per heavy atom. The number of rotatable bonds is 0. The van der Waals surface area contributed by atoms with Crippen molar-refractivity contribution >= 4 is 6.21 Å². The van der Waals surface area contributed by atoms with Crippen LogP contribution in [0.1, 0.15) is 5.56 Å². The predicted molar refractivity (Wildman–Crippen MR) is 35.7 cm³/mol. The van der Waals surface area contributed by atoms with Crippen molar-refractivity contribution < 1.29 is 9.88 Å². The van der Waals surface area contributed by atoms with Crippen molar-refractivity contribution in [2.75, 3.05) is 0 Å². The van der Waals surface area contributed by atoms with Crippen LogP contribution in [0.4, 0.5) is 0 Å². The Bertz CT molecular complexity index is 270. The van der Waals surface area contributed by atoms with Crippen LogP contribution in [0.2, 0.25) is 0 Å². The van der Waals surface area contributed by atoms with E-state index in [4.69, 9.17) is 4.89 Å². The van der Waals surface area contributed by atoms with Crippen molar-refractivity contribution in [3.8, 4) is 5.75 Å². The summed E-state index contributed by atoms with van der Waals surface area (Å²) in [5.41, 5.74) is 0.939. The molecule has 0 saturated heterocycles. The first-order valence-corrected chi connectivity index (χ1v) is 2.93. The fourth-order valence-corrected chi connectivity index (χ4v) is 0.803. The first-order valence-electron chi connectivity index (χ1n) is 2.93. The lowest BCUT2D eigenvalue weighted by Crippen LogP contribution is -2.00. The Kier molecular flexibility index (Phi) is 1.07. The van der Waals surface area contributed by atoms with Gasteiger partial charge in [-0.05, 0) is 17.3 Å². The van der Waals surface area contributed by atoms with Gasteiger partial charge in [-0.15, -0.1) is 0 Å². The summed E-state index contributed by atoms with van der Waals surface area (Å²) in [5.74, 6) is 0.706. The fraction of sp³-hybridized carbons (Fsp3) is 0. The Hall–Kier alpha value is -1.51. The lowest BCUT2D eigenvalue weighted by Gasteiger charge is -2.06. The number of hydrogen-bond donors (Lipinski definition) is 0. The lowest BCUT2D eigenvalue weighted by atomic mass is 10.2. The molecule has 1 aliphatic heterocycles. The van der Waals surface area contributed by atoms with Gasteiger partial charge < -0.3 is 0 Å². The smallest absolute Gasteiger partial charge is 0.190 e. The zero-order chi connectivity index (χ0) is 6.81. The molecule has 0 amide bonds. The molecule has 0 aromatic heterocycles. The highest BCUT2D eigenvalue weighted by molar-refractivity contribution is 5.83. The van der Waals surface area contributed by atoms with Crippen molar-refractivity contribution in [3.05, 3.63) is 29.8 Å². The number of benzene rings is 1. The molecule has 1 aliphatic rings. The van der Waals surface area contributed by atoms with Gasteiger partial charge in [0.05, 0.1) is 6.21 Å². The molecule has 0 atom stereocenters. The summed E-state index contributed by atoms with van der Waals surface area (Å²) in [6, 6.07) is 7.52. The molecule has 10 heavy (non-hydrogen) atoms. The van der Waals surface area contributed by atoms with E-state index in [1.165, 1.54) is 0 Å². The second-order valence-corrected chi connectivity index (χ2v) is 1.93. The summed E-state index contributed by atoms with van der Waals surface area (Å²) in [5, 5.41) is 3.47. The molecule has 0 N–H and O–H groups in total. The van der Waals surface area contributed by atoms with Crippen LogP contribution < -0.4 is 4.89 Å². The maximum absolute atomic E-state index is 4.73. The van der Waals surface area contributed by atoms with Crippen LogP contribution in [-0.2, 0) is 4.99 Å². The third-order valence-electron chi connectivity index (χ3n) is 1.28. The molecule has 0 radical (unpaired) electrons. The SMILES string of the molecule is C1=NOOc2ccccc21. The minimum Gasteiger partial charge on any atom is -0.267 e. The molecule has 3 heteroatoms. The standard InChI is InChI=1S/C7H5NO2/c1-2-4-7-6(3-1)5-8-10-9-7/h1-5H. The predicted octanol–water partition coefficient (Wildman–Crippen LogP) is 1.34. The maximum atomic E-state index is 4.73. The number of fused-ring (bicyclic) bond motifs is 1. The Balaban J connectivity index is 2.54. The van der Waals surface area contributed by atoms with Crippen molar-refractivity contribution in [1.29, 1.82) is 0 Å². The molecule has 50 valence electrons. The first-order chi connectivity index (χ1) is 4.97. The minimum absolute atomic E-state index is 0.706. The van der Waals surface area contributed by atoms with Crippen LogP contribution in [-0.4, -0.2) is 6.21 Å². The molecular formula is C7H5NO2. The van der Waals surface area contributed by atoms with Crippen LogP contribution in [0.25, 0.3) is 0 Å². The molecule has 0 bridgehead atoms. The lowest BCUT2D eigenvalue weighted by molar-refractivity contribution is -0.209. The summed E-state index contributed by atoms with van der Waals surface area (Å²) < 4.78 is 0. The molecule has 1 aromatic rings. The van der Waals surface area contributed by atoms with E-state index in [2.05, 4.69) is 10.1 Å². The molecule has 0 aliphatic carbocycles. The Morgan fingerprint density at radius 2 is 2.10 bits per heavy atom. The molecule has 0 fully saturated rings. The van der Waals surface area contributed by atoms with E-state index in [9.17, 15) is 0 Å². The van der Waals surface area contributed by atoms with Gasteiger partial charge in [-0.25, -0.2) is 0 Å². The average molecular weight is 135 g/mol. The van der Waals surface area contributed by atoms with Crippen LogP contribution in [0.3, 0.4) is 0 Å². The highest BCUT2D eigenvalue weighted by Gasteiger charge is 2.04. The van der Waals surface area contributed by atoms with Crippen molar-refractivity contribution in [1.82, 2.24) is 0 Å². The van der Waals surface area contributed by atoms with E-state index >= 15 is 0 Å². The highest BCUT2D eigenvalue weighted by atomic mass is 17.3. The van der Waals surface area contributed by atoms with Gasteiger partial charge in [0.2, 0.25) is 0 Å². The van der Waals surface area contributed by atoms with Crippen molar-refractivity contribution in [2.45, 2.75) is 0 Å². The molecule has 0 spiro atoms. The topological polar surface area (TPSA) is 30.8 Å². The number of nitrogens with zero attached hydrogens (tertiary/aromatic N) is 1. The average Bonchev–Trinajstić information content (AvgIpc) is 2.05. The molecule has 0 saturated carbocycles. The van der Waals surface area contributed by atoms with E-state index < -0.39 is 0 Å². The highest BCUT2D eigenvalue weighted by Crippen LogP contribution is 2.18. The van der Waals surface area contributed by atoms with Gasteiger partial charge in [-0.3, -0.25) is 4.89 Å². The largest absolute Gasteiger partial charge is 0.267 e. The third-order valence-corrected chi connectivity index (χ3v) is 1.28. The van der Waals surface area contributed by atoms with Gasteiger partial charge >= 0.3 is 0 Å². The van der Waals surface area contributed by atoms with Gasteiger partial charge in [0, 0.05) is 5.56 Å². The quantitative estimate of drug-likeness (QED) is 0.502. The molecule has 1 heterocycles. The molecule has 1 aromatic carbocycles. The third kappa shape index (κ3) is 0.719. The summed E-state index contributed by atoms with van der Waals surface area (Å²) in [6.07, 6.45) is 1.61. The Morgan fingerprint density at radius 3 is 3.00 bits per heavy atom. The fourth-order valence-electron chi connectivity index (χ4n) is 0.803. The van der Waals surface area contributed by atoms with Gasteiger partial charge in [-0.1, -0.05) is 12.1 Å². The second kappa shape index (κ2) is 2.02. The zero-order valence-corrected chi connectivity index (χ0v) is 5.15. The zero-order valence-electron chi connectivity index (χ0n) is 5.15. The van der Waals surface area contributed by atoms with Crippen LogP contribution in [0.15, 0.2) is 29.4 Å². The second-order valence-electron chi connectivity index (χ2n) is 1.93. The monoisotopic (exact) mass is 135 g/mol. The number of hydrogen-bond acceptors (Lipinski definition) is 3. The molecular weight excluding hydrogens is 130 g/mol. The normalized spacial score (nSPS) is 13.2. The van der Waals surface area contributed by atoms with Gasteiger partial charge in [-0.2, -0.15) is 4.99 Å². The summed E-state index contributed by atoms with van der Waals surface area (Å²) in [4.78, 5) is 9.09. The van der Waals surface area contributed by atoms with Crippen molar-refractivity contribution in [2.24, 2.45) is 5.16 Å². The number of para-hydroxylation sites is 1. The molecule has 3 nitrogen and oxygen atoms in total. The van der Waals surface area contributed by atoms with E-state index in [0.717, 1.165) is 5.56 Å². The van der Waals surface area contributed by atoms with Crippen LogP contribution >= 0.6 is 0 Å². The van der Waals surface area contributed by atoms with Gasteiger partial charge in [0.1, 0.15) is 0 Å². The first kappa shape index (κ1) is 5.29. The summed E-state index contributed by atoms with van der Waals surface area (Å²) >= 11 is 0. The van der Waals surface area contributed by atoms with Gasteiger partial charge in [0.15, 0.2) is 5.75 Å². The number of oxime groups is 1. The van der Waals surface area contributed by atoms with E-state index in [-0.39, 0.29) is 0 Å². The van der Waals surface area contributed by atoms with E-state index in [1.807, 2.05) is 24.3 Å². The minimum atomic E-state index is 0.706. The molecule has 2 rings (SSSR count). The summed E-state index contributed by atoms with van der Waals surface area (Å²) in [6.45, 7) is 0. The van der Waals surface area contributed by atoms with E-state index in [1.54, 1.807) is 6.21 Å².